The van der Waals surface area contributed by atoms with Gasteiger partial charge in [0, 0.05) is 35.1 Å². The van der Waals surface area contributed by atoms with Gasteiger partial charge in [0.15, 0.2) is 0 Å². The quantitative estimate of drug-likeness (QED) is 0.768. The third-order valence-corrected chi connectivity index (χ3v) is 3.82. The Morgan fingerprint density at radius 3 is 2.94 bits per heavy atom. The van der Waals surface area contributed by atoms with Gasteiger partial charge in [-0.1, -0.05) is 6.07 Å². The van der Waals surface area contributed by atoms with Gasteiger partial charge in [-0.2, -0.15) is 0 Å². The summed E-state index contributed by atoms with van der Waals surface area (Å²) in [6, 6.07) is 4.29. The van der Waals surface area contributed by atoms with Crippen LogP contribution in [-0.4, -0.2) is 11.5 Å². The molecule has 2 N–H and O–H groups in total. The molecule has 0 amide bonds. The van der Waals surface area contributed by atoms with Crippen LogP contribution in [0.15, 0.2) is 16.6 Å². The van der Waals surface area contributed by atoms with Gasteiger partial charge in [0.05, 0.1) is 5.52 Å². The summed E-state index contributed by atoms with van der Waals surface area (Å²) in [6.07, 6.45) is 1.11. The van der Waals surface area contributed by atoms with Crippen LogP contribution in [0.1, 0.15) is 16.8 Å². The zero-order valence-electron chi connectivity index (χ0n) is 9.06. The fraction of sp³-hybridized carbons (Fsp3) is 0.333. The number of nitrogens with one attached hydrogen (secondary N) is 2. The highest BCUT2D eigenvalue weighted by molar-refractivity contribution is 9.10. The molecule has 0 atom stereocenters. The van der Waals surface area contributed by atoms with Crippen molar-refractivity contribution in [2.45, 2.75) is 19.9 Å². The molecule has 3 rings (SSSR count). The minimum Gasteiger partial charge on any atom is -0.357 e. The number of aromatic amines is 1. The number of H-pyrrole nitrogens is 1. The number of rotatable bonds is 0. The molecule has 1 aliphatic rings. The van der Waals surface area contributed by atoms with Crippen LogP contribution >= 0.6 is 28.3 Å². The Morgan fingerprint density at radius 1 is 1.31 bits per heavy atom. The summed E-state index contributed by atoms with van der Waals surface area (Å²) in [5.74, 6) is 0. The van der Waals surface area contributed by atoms with Gasteiger partial charge >= 0.3 is 0 Å². The molecular weight excluding hydrogens is 288 g/mol. The van der Waals surface area contributed by atoms with Gasteiger partial charge in [-0.05, 0) is 40.0 Å². The summed E-state index contributed by atoms with van der Waals surface area (Å²) < 4.78 is 1.16. The number of aryl methyl sites for hydroxylation is 1. The largest absolute Gasteiger partial charge is 0.357 e. The van der Waals surface area contributed by atoms with Crippen molar-refractivity contribution in [2.24, 2.45) is 0 Å². The van der Waals surface area contributed by atoms with E-state index >= 15 is 0 Å². The van der Waals surface area contributed by atoms with E-state index in [1.54, 1.807) is 0 Å². The molecule has 4 heteroatoms. The minimum absolute atomic E-state index is 0. The Hall–Kier alpha value is -0.510. The average molecular weight is 302 g/mol. The van der Waals surface area contributed by atoms with E-state index in [2.05, 4.69) is 45.3 Å². The first-order valence-electron chi connectivity index (χ1n) is 5.26. The van der Waals surface area contributed by atoms with E-state index in [4.69, 9.17) is 0 Å². The van der Waals surface area contributed by atoms with Crippen LogP contribution in [0.25, 0.3) is 10.9 Å². The maximum atomic E-state index is 3.61. The Balaban J connectivity index is 0.000000963. The second-order valence-corrected chi connectivity index (χ2v) is 4.98. The third-order valence-electron chi connectivity index (χ3n) is 3.16. The van der Waals surface area contributed by atoms with Crippen molar-refractivity contribution in [3.8, 4) is 0 Å². The van der Waals surface area contributed by atoms with Crippen LogP contribution < -0.4 is 5.32 Å². The third kappa shape index (κ3) is 1.67. The first-order valence-corrected chi connectivity index (χ1v) is 6.06. The highest BCUT2D eigenvalue weighted by Crippen LogP contribution is 2.32. The van der Waals surface area contributed by atoms with E-state index in [1.165, 1.54) is 27.7 Å². The predicted octanol–water partition coefficient (Wildman–Crippen LogP) is 3.31. The van der Waals surface area contributed by atoms with E-state index in [9.17, 15) is 0 Å². The summed E-state index contributed by atoms with van der Waals surface area (Å²) in [4.78, 5) is 3.54. The summed E-state index contributed by atoms with van der Waals surface area (Å²) in [7, 11) is 0. The van der Waals surface area contributed by atoms with E-state index < -0.39 is 0 Å². The number of aromatic nitrogens is 1. The SMILES string of the molecule is Cc1ccc(Br)c2[nH]c3c(c12)CNCC3.Cl. The zero-order chi connectivity index (χ0) is 10.4. The molecule has 0 unspecified atom stereocenters. The van der Waals surface area contributed by atoms with Gasteiger partial charge in [0.25, 0.3) is 0 Å². The predicted molar refractivity (Wildman–Crippen MR) is 73.4 cm³/mol. The summed E-state index contributed by atoms with van der Waals surface area (Å²) in [5, 5.41) is 4.83. The Labute approximate surface area is 109 Å². The highest BCUT2D eigenvalue weighted by Gasteiger charge is 2.17. The highest BCUT2D eigenvalue weighted by atomic mass is 79.9. The molecule has 2 nitrogen and oxygen atoms in total. The van der Waals surface area contributed by atoms with Crippen molar-refractivity contribution >= 4 is 39.2 Å². The molecule has 2 aromatic rings. The van der Waals surface area contributed by atoms with Crippen molar-refractivity contribution in [3.05, 3.63) is 33.4 Å². The fourth-order valence-electron chi connectivity index (χ4n) is 2.40. The fourth-order valence-corrected chi connectivity index (χ4v) is 2.83. The summed E-state index contributed by atoms with van der Waals surface area (Å²) >= 11 is 3.61. The van der Waals surface area contributed by atoms with Gasteiger partial charge in [-0.3, -0.25) is 0 Å². The molecule has 0 aliphatic carbocycles. The van der Waals surface area contributed by atoms with Crippen LogP contribution in [0, 0.1) is 6.92 Å². The normalized spacial score (nSPS) is 14.6. The van der Waals surface area contributed by atoms with Gasteiger partial charge < -0.3 is 10.3 Å². The summed E-state index contributed by atoms with van der Waals surface area (Å²) in [5.41, 5.74) is 5.46. The van der Waals surface area contributed by atoms with Gasteiger partial charge in [-0.15, -0.1) is 12.4 Å². The lowest BCUT2D eigenvalue weighted by Gasteiger charge is -2.13. The molecule has 86 valence electrons. The Morgan fingerprint density at radius 2 is 2.12 bits per heavy atom. The van der Waals surface area contributed by atoms with Crippen molar-refractivity contribution in [1.29, 1.82) is 0 Å². The summed E-state index contributed by atoms with van der Waals surface area (Å²) in [6.45, 7) is 4.25. The van der Waals surface area contributed by atoms with Crippen molar-refractivity contribution in [3.63, 3.8) is 0 Å². The monoisotopic (exact) mass is 300 g/mol. The maximum Gasteiger partial charge on any atom is 0.0606 e. The minimum atomic E-state index is 0. The lowest BCUT2D eigenvalue weighted by molar-refractivity contribution is 0.640. The molecule has 0 radical (unpaired) electrons. The van der Waals surface area contributed by atoms with Crippen LogP contribution in [0.5, 0.6) is 0 Å². The van der Waals surface area contributed by atoms with E-state index in [0.29, 0.717) is 0 Å². The molecule has 0 spiro atoms. The van der Waals surface area contributed by atoms with Crippen LogP contribution in [0.3, 0.4) is 0 Å². The molecule has 1 aromatic carbocycles. The van der Waals surface area contributed by atoms with Gasteiger partial charge in [0.2, 0.25) is 0 Å². The standard InChI is InChI=1S/C12H13BrN2.ClH/c1-7-2-3-9(13)12-11(7)8-6-14-5-4-10(8)15-12;/h2-3,14-15H,4-6H2,1H3;1H. The number of benzene rings is 1. The first kappa shape index (κ1) is 12.0. The second-order valence-electron chi connectivity index (χ2n) is 4.12. The lowest BCUT2D eigenvalue weighted by atomic mass is 10.0. The Kier molecular flexibility index (Phi) is 3.29. The van der Waals surface area contributed by atoms with Crippen LogP contribution in [-0.2, 0) is 13.0 Å². The average Bonchev–Trinajstić information content (AvgIpc) is 2.64. The molecule has 0 saturated carbocycles. The second kappa shape index (κ2) is 4.40. The molecular formula is C12H14BrClN2. The topological polar surface area (TPSA) is 27.8 Å². The van der Waals surface area contributed by atoms with Crippen LogP contribution in [0.4, 0.5) is 0 Å². The lowest BCUT2D eigenvalue weighted by Crippen LogP contribution is -2.22. The molecule has 16 heavy (non-hydrogen) atoms. The maximum absolute atomic E-state index is 3.61. The van der Waals surface area contributed by atoms with Crippen molar-refractivity contribution in [1.82, 2.24) is 10.3 Å². The van der Waals surface area contributed by atoms with Crippen LogP contribution in [0.2, 0.25) is 0 Å². The van der Waals surface area contributed by atoms with E-state index in [1.807, 2.05) is 0 Å². The van der Waals surface area contributed by atoms with Gasteiger partial charge in [-0.25, -0.2) is 0 Å². The molecule has 2 heterocycles. The molecule has 0 saturated heterocycles. The molecule has 1 aromatic heterocycles. The number of hydrogen-bond acceptors (Lipinski definition) is 1. The Bertz CT molecular complexity index is 533. The molecule has 0 bridgehead atoms. The van der Waals surface area contributed by atoms with E-state index in [0.717, 1.165) is 24.0 Å². The smallest absolute Gasteiger partial charge is 0.0606 e. The molecule has 1 aliphatic heterocycles. The number of hydrogen-bond donors (Lipinski definition) is 2. The zero-order valence-corrected chi connectivity index (χ0v) is 11.5. The van der Waals surface area contributed by atoms with Gasteiger partial charge in [0.1, 0.15) is 0 Å². The number of fused-ring (bicyclic) bond motifs is 3. The van der Waals surface area contributed by atoms with E-state index in [-0.39, 0.29) is 12.4 Å². The van der Waals surface area contributed by atoms with Crippen molar-refractivity contribution < 1.29 is 0 Å². The van der Waals surface area contributed by atoms with Crippen molar-refractivity contribution in [2.75, 3.05) is 6.54 Å². The first-order chi connectivity index (χ1) is 7.27. The molecule has 0 fully saturated rings. The number of halogens is 2.